The number of hydrogen-bond acceptors (Lipinski definition) is 5. The maximum atomic E-state index is 12.6. The lowest BCUT2D eigenvalue weighted by Crippen LogP contribution is -2.22. The van der Waals surface area contributed by atoms with E-state index in [0.717, 1.165) is 30.4 Å². The zero-order chi connectivity index (χ0) is 16.4. The van der Waals surface area contributed by atoms with Crippen LogP contribution in [0.25, 0.3) is 10.9 Å². The largest absolute Gasteiger partial charge is 0.472 e. The summed E-state index contributed by atoms with van der Waals surface area (Å²) in [6, 6.07) is 9.03. The molecule has 1 aliphatic heterocycles. The van der Waals surface area contributed by atoms with Crippen molar-refractivity contribution in [2.75, 3.05) is 18.4 Å². The van der Waals surface area contributed by atoms with Crippen LogP contribution in [0.1, 0.15) is 16.8 Å². The number of anilines is 1. The third-order valence-electron chi connectivity index (χ3n) is 4.01. The van der Waals surface area contributed by atoms with Crippen LogP contribution in [0, 0.1) is 0 Å². The van der Waals surface area contributed by atoms with Gasteiger partial charge in [-0.05, 0) is 43.3 Å². The molecule has 3 heterocycles. The summed E-state index contributed by atoms with van der Waals surface area (Å²) in [5.74, 6) is 0.125. The van der Waals surface area contributed by atoms with E-state index in [-0.39, 0.29) is 12.0 Å². The lowest BCUT2D eigenvalue weighted by molar-refractivity contribution is 0.101. The van der Waals surface area contributed by atoms with E-state index in [9.17, 15) is 4.79 Å². The maximum Gasteiger partial charge on any atom is 0.261 e. The van der Waals surface area contributed by atoms with Gasteiger partial charge < -0.3 is 15.4 Å². The molecule has 1 aromatic carbocycles. The fourth-order valence-corrected chi connectivity index (χ4v) is 2.76. The lowest BCUT2D eigenvalue weighted by Gasteiger charge is -2.14. The number of rotatable bonds is 4. The molecule has 7 heteroatoms. The van der Waals surface area contributed by atoms with Crippen molar-refractivity contribution in [3.05, 3.63) is 48.3 Å². The van der Waals surface area contributed by atoms with E-state index in [2.05, 4.69) is 25.8 Å². The van der Waals surface area contributed by atoms with E-state index < -0.39 is 0 Å². The standard InChI is InChI=1S/C17H17N5O2/c23-16(21-12-3-4-15-11(8-12)9-20-22-15)14-2-1-6-19-17(14)24-13-5-7-18-10-13/h1-4,6,8-9,13,18H,5,7,10H2,(H,20,22)(H,21,23)/t13-/m0/s1. The Balaban J connectivity index is 1.55. The number of aromatic nitrogens is 3. The minimum absolute atomic E-state index is 0.0498. The lowest BCUT2D eigenvalue weighted by atomic mass is 10.2. The Morgan fingerprint density at radius 1 is 1.33 bits per heavy atom. The van der Waals surface area contributed by atoms with Gasteiger partial charge in [-0.3, -0.25) is 9.89 Å². The van der Waals surface area contributed by atoms with Crippen LogP contribution in [0.2, 0.25) is 0 Å². The third kappa shape index (κ3) is 2.93. The van der Waals surface area contributed by atoms with Gasteiger partial charge in [0.2, 0.25) is 5.88 Å². The maximum absolute atomic E-state index is 12.6. The molecule has 3 aromatic rings. The number of amides is 1. The van der Waals surface area contributed by atoms with E-state index in [0.29, 0.717) is 17.1 Å². The average Bonchev–Trinajstić information content (AvgIpc) is 3.26. The molecule has 1 atom stereocenters. The van der Waals surface area contributed by atoms with Crippen molar-refractivity contribution in [3.63, 3.8) is 0 Å². The van der Waals surface area contributed by atoms with Crippen LogP contribution in [0.3, 0.4) is 0 Å². The van der Waals surface area contributed by atoms with Crippen molar-refractivity contribution in [2.24, 2.45) is 0 Å². The van der Waals surface area contributed by atoms with Gasteiger partial charge in [-0.1, -0.05) is 0 Å². The van der Waals surface area contributed by atoms with Crippen LogP contribution in [-0.4, -0.2) is 40.3 Å². The van der Waals surface area contributed by atoms with Crippen molar-refractivity contribution in [1.82, 2.24) is 20.5 Å². The molecule has 4 rings (SSSR count). The number of nitrogens with zero attached hydrogens (tertiary/aromatic N) is 2. The van der Waals surface area contributed by atoms with Crippen molar-refractivity contribution >= 4 is 22.5 Å². The zero-order valence-electron chi connectivity index (χ0n) is 13.0. The van der Waals surface area contributed by atoms with Gasteiger partial charge in [0, 0.05) is 23.8 Å². The number of hydrogen-bond donors (Lipinski definition) is 3. The van der Waals surface area contributed by atoms with Crippen LogP contribution in [0.4, 0.5) is 5.69 Å². The van der Waals surface area contributed by atoms with Gasteiger partial charge in [0.05, 0.1) is 11.7 Å². The molecule has 122 valence electrons. The van der Waals surface area contributed by atoms with Crippen LogP contribution in [0.5, 0.6) is 5.88 Å². The Morgan fingerprint density at radius 2 is 2.29 bits per heavy atom. The molecule has 1 saturated heterocycles. The summed E-state index contributed by atoms with van der Waals surface area (Å²) in [4.78, 5) is 16.8. The monoisotopic (exact) mass is 323 g/mol. The van der Waals surface area contributed by atoms with Gasteiger partial charge in [0.15, 0.2) is 0 Å². The first-order valence-electron chi connectivity index (χ1n) is 7.86. The average molecular weight is 323 g/mol. The van der Waals surface area contributed by atoms with Gasteiger partial charge in [-0.15, -0.1) is 0 Å². The fourth-order valence-electron chi connectivity index (χ4n) is 2.76. The summed E-state index contributed by atoms with van der Waals surface area (Å²) >= 11 is 0. The van der Waals surface area contributed by atoms with Crippen molar-refractivity contribution < 1.29 is 9.53 Å². The number of benzene rings is 1. The molecule has 7 nitrogen and oxygen atoms in total. The molecular weight excluding hydrogens is 306 g/mol. The second-order valence-electron chi connectivity index (χ2n) is 5.71. The van der Waals surface area contributed by atoms with Crippen molar-refractivity contribution in [2.45, 2.75) is 12.5 Å². The third-order valence-corrected chi connectivity index (χ3v) is 4.01. The van der Waals surface area contributed by atoms with Gasteiger partial charge in [0.25, 0.3) is 5.91 Å². The topological polar surface area (TPSA) is 91.9 Å². The number of H-pyrrole nitrogens is 1. The van der Waals surface area contributed by atoms with Crippen LogP contribution in [0.15, 0.2) is 42.7 Å². The molecule has 3 N–H and O–H groups in total. The molecule has 0 aliphatic carbocycles. The summed E-state index contributed by atoms with van der Waals surface area (Å²) in [5, 5.41) is 13.9. The van der Waals surface area contributed by atoms with Gasteiger partial charge in [0.1, 0.15) is 11.7 Å². The summed E-state index contributed by atoms with van der Waals surface area (Å²) in [7, 11) is 0. The molecule has 1 aliphatic rings. The molecular formula is C17H17N5O2. The quantitative estimate of drug-likeness (QED) is 0.682. The number of ether oxygens (including phenoxy) is 1. The molecule has 1 fully saturated rings. The SMILES string of the molecule is O=C(Nc1ccc2[nH]ncc2c1)c1cccnc1O[C@H]1CCNC1. The summed E-state index contributed by atoms with van der Waals surface area (Å²) < 4.78 is 5.87. The molecule has 0 radical (unpaired) electrons. The van der Waals surface area contributed by atoms with E-state index in [1.807, 2.05) is 18.2 Å². The predicted molar refractivity (Wildman–Crippen MR) is 90.2 cm³/mol. The van der Waals surface area contributed by atoms with Crippen LogP contribution in [-0.2, 0) is 0 Å². The van der Waals surface area contributed by atoms with E-state index >= 15 is 0 Å². The molecule has 0 saturated carbocycles. The Morgan fingerprint density at radius 3 is 3.17 bits per heavy atom. The van der Waals surface area contributed by atoms with Crippen LogP contribution < -0.4 is 15.4 Å². The number of nitrogens with one attached hydrogen (secondary N) is 3. The summed E-state index contributed by atoms with van der Waals surface area (Å²) in [5.41, 5.74) is 2.05. The van der Waals surface area contributed by atoms with Crippen LogP contribution >= 0.6 is 0 Å². The second-order valence-corrected chi connectivity index (χ2v) is 5.71. The summed E-state index contributed by atoms with van der Waals surface area (Å²) in [6.07, 6.45) is 4.31. The molecule has 0 unspecified atom stereocenters. The molecule has 1 amide bonds. The number of pyridine rings is 1. The highest BCUT2D eigenvalue weighted by molar-refractivity contribution is 6.06. The molecule has 24 heavy (non-hydrogen) atoms. The first-order chi connectivity index (χ1) is 11.8. The van der Waals surface area contributed by atoms with Gasteiger partial charge >= 0.3 is 0 Å². The van der Waals surface area contributed by atoms with E-state index in [1.165, 1.54) is 0 Å². The first kappa shape index (κ1) is 14.6. The Labute approximate surface area is 138 Å². The molecule has 2 aromatic heterocycles. The Hall–Kier alpha value is -2.93. The number of aromatic amines is 1. The second kappa shape index (κ2) is 6.29. The highest BCUT2D eigenvalue weighted by Crippen LogP contribution is 2.21. The highest BCUT2D eigenvalue weighted by atomic mass is 16.5. The number of fused-ring (bicyclic) bond motifs is 1. The zero-order valence-corrected chi connectivity index (χ0v) is 13.0. The van der Waals surface area contributed by atoms with E-state index in [1.54, 1.807) is 24.5 Å². The van der Waals surface area contributed by atoms with Gasteiger partial charge in [-0.25, -0.2) is 4.98 Å². The van der Waals surface area contributed by atoms with Crippen molar-refractivity contribution in [1.29, 1.82) is 0 Å². The van der Waals surface area contributed by atoms with Gasteiger partial charge in [-0.2, -0.15) is 5.10 Å². The predicted octanol–water partition coefficient (Wildman–Crippen LogP) is 1.95. The minimum Gasteiger partial charge on any atom is -0.472 e. The van der Waals surface area contributed by atoms with E-state index in [4.69, 9.17) is 4.74 Å². The Kier molecular flexibility index (Phi) is 3.84. The minimum atomic E-state index is -0.244. The normalized spacial score (nSPS) is 17.1. The molecule has 0 spiro atoms. The molecule has 0 bridgehead atoms. The summed E-state index contributed by atoms with van der Waals surface area (Å²) in [6.45, 7) is 1.69. The van der Waals surface area contributed by atoms with Crippen molar-refractivity contribution in [3.8, 4) is 5.88 Å². The number of carbonyl (C=O) groups is 1. The smallest absolute Gasteiger partial charge is 0.261 e. The highest BCUT2D eigenvalue weighted by Gasteiger charge is 2.20. The number of carbonyl (C=O) groups excluding carboxylic acids is 1. The Bertz CT molecular complexity index is 870. The fraction of sp³-hybridized carbons (Fsp3) is 0.235. The first-order valence-corrected chi connectivity index (χ1v) is 7.86.